The standard InChI is InChI=1S/C23H26N4O4/c1-14(2)25-8-7-16-10-17(3-4-19(16)25)22(28)24-11-15-9-18(13-24)20-5-6-21(27(30)31)23(29)26(20)12-15/h3-8,10,14-15,18,27,30H,9,11-13H2,1-2H3/t15-,18-/m0/s1. The molecule has 2 aromatic heterocycles. The first-order chi connectivity index (χ1) is 14.8. The molecule has 2 bridgehead atoms. The van der Waals surface area contributed by atoms with Gasteiger partial charge in [-0.1, -0.05) is 0 Å². The van der Waals surface area contributed by atoms with Gasteiger partial charge >= 0.3 is 5.56 Å². The van der Waals surface area contributed by atoms with Gasteiger partial charge in [0.25, 0.3) is 5.91 Å². The Bertz CT molecular complexity index is 1230. The van der Waals surface area contributed by atoms with E-state index in [0.29, 0.717) is 31.2 Å². The average Bonchev–Trinajstić information content (AvgIpc) is 3.17. The Morgan fingerprint density at radius 2 is 1.97 bits per heavy atom. The number of fused-ring (bicyclic) bond motifs is 5. The maximum Gasteiger partial charge on any atom is 0.315 e. The Morgan fingerprint density at radius 1 is 1.16 bits per heavy atom. The van der Waals surface area contributed by atoms with E-state index in [2.05, 4.69) is 24.6 Å². The SMILES string of the molecule is CC(C)n1ccc2cc(C(=O)N3C[C@@H]4C[C@@H](C3)c3ccc([NH+]([O-])O)c(=O)n3C4)ccc21. The van der Waals surface area contributed by atoms with Crippen molar-refractivity contribution in [3.05, 3.63) is 69.4 Å². The molecule has 1 fully saturated rings. The summed E-state index contributed by atoms with van der Waals surface area (Å²) in [7, 11) is 0. The number of amides is 1. The first-order valence-electron chi connectivity index (χ1n) is 10.7. The third-order valence-corrected chi connectivity index (χ3v) is 6.65. The van der Waals surface area contributed by atoms with Crippen LogP contribution in [0.25, 0.3) is 10.9 Å². The predicted octanol–water partition coefficient (Wildman–Crippen LogP) is 2.05. The molecule has 5 rings (SSSR count). The molecular weight excluding hydrogens is 396 g/mol. The normalized spacial score (nSPS) is 21.4. The molecule has 4 heterocycles. The van der Waals surface area contributed by atoms with Crippen LogP contribution < -0.4 is 10.8 Å². The lowest BCUT2D eigenvalue weighted by molar-refractivity contribution is -0.992. The summed E-state index contributed by atoms with van der Waals surface area (Å²) in [5.74, 6) is 0.187. The Kier molecular flexibility index (Phi) is 4.73. The van der Waals surface area contributed by atoms with Crippen LogP contribution in [0.15, 0.2) is 47.4 Å². The number of hydrogen-bond acceptors (Lipinski definition) is 4. The minimum Gasteiger partial charge on any atom is -0.595 e. The molecule has 8 heteroatoms. The van der Waals surface area contributed by atoms with Crippen LogP contribution in [0.1, 0.15) is 48.3 Å². The maximum atomic E-state index is 13.3. The van der Waals surface area contributed by atoms with Crippen molar-refractivity contribution in [2.24, 2.45) is 5.92 Å². The third kappa shape index (κ3) is 3.27. The Hall–Kier alpha value is -2.94. The van der Waals surface area contributed by atoms with Crippen LogP contribution in [-0.2, 0) is 6.54 Å². The predicted molar refractivity (Wildman–Crippen MR) is 116 cm³/mol. The molecule has 2 N–H and O–H groups in total. The van der Waals surface area contributed by atoms with Crippen LogP contribution in [0, 0.1) is 11.1 Å². The number of hydrogen-bond donors (Lipinski definition) is 2. The minimum atomic E-state index is -1.20. The molecule has 0 radical (unpaired) electrons. The molecule has 0 saturated carbocycles. The number of carbonyl (C=O) groups excluding carboxylic acids is 1. The van der Waals surface area contributed by atoms with Crippen molar-refractivity contribution in [2.75, 3.05) is 13.1 Å². The second-order valence-electron chi connectivity index (χ2n) is 8.99. The molecule has 0 spiro atoms. The number of pyridine rings is 1. The third-order valence-electron chi connectivity index (χ3n) is 6.65. The van der Waals surface area contributed by atoms with Gasteiger partial charge in [0.1, 0.15) is 0 Å². The lowest BCUT2D eigenvalue weighted by Crippen LogP contribution is -3.00. The number of likely N-dealkylation sites (tertiary alicyclic amines) is 1. The van der Waals surface area contributed by atoms with Gasteiger partial charge < -0.3 is 19.2 Å². The van der Waals surface area contributed by atoms with Gasteiger partial charge in [-0.2, -0.15) is 5.23 Å². The topological polar surface area (TPSA) is 95.0 Å². The molecule has 1 amide bonds. The molecule has 3 aromatic rings. The average molecular weight is 422 g/mol. The van der Waals surface area contributed by atoms with Crippen LogP contribution in [0.3, 0.4) is 0 Å². The van der Waals surface area contributed by atoms with E-state index in [4.69, 9.17) is 0 Å². The minimum absolute atomic E-state index is 0.00634. The number of carbonyl (C=O) groups is 1. The summed E-state index contributed by atoms with van der Waals surface area (Å²) in [5.41, 5.74) is 1.98. The fourth-order valence-electron chi connectivity index (χ4n) is 5.20. The highest BCUT2D eigenvalue weighted by atomic mass is 16.8. The van der Waals surface area contributed by atoms with Gasteiger partial charge in [-0.15, -0.1) is 0 Å². The lowest BCUT2D eigenvalue weighted by Gasteiger charge is -2.42. The van der Waals surface area contributed by atoms with Gasteiger partial charge in [-0.25, -0.2) is 5.21 Å². The summed E-state index contributed by atoms with van der Waals surface area (Å²) < 4.78 is 3.79. The van der Waals surface area contributed by atoms with E-state index in [0.717, 1.165) is 23.0 Å². The van der Waals surface area contributed by atoms with Crippen molar-refractivity contribution in [1.82, 2.24) is 14.0 Å². The molecule has 1 saturated heterocycles. The molecule has 0 aliphatic carbocycles. The molecule has 162 valence electrons. The highest BCUT2D eigenvalue weighted by Crippen LogP contribution is 2.36. The van der Waals surface area contributed by atoms with Gasteiger partial charge in [0.2, 0.25) is 5.69 Å². The monoisotopic (exact) mass is 422 g/mol. The Labute approximate surface area is 179 Å². The molecule has 2 aliphatic heterocycles. The Morgan fingerprint density at radius 3 is 2.71 bits per heavy atom. The second-order valence-corrected chi connectivity index (χ2v) is 8.99. The number of aromatic nitrogens is 2. The zero-order valence-corrected chi connectivity index (χ0v) is 17.6. The van der Waals surface area contributed by atoms with Crippen molar-refractivity contribution < 1.29 is 15.2 Å². The van der Waals surface area contributed by atoms with Gasteiger partial charge in [-0.05, 0) is 56.5 Å². The van der Waals surface area contributed by atoms with E-state index in [-0.39, 0.29) is 23.4 Å². The summed E-state index contributed by atoms with van der Waals surface area (Å²) in [4.78, 5) is 27.8. The second kappa shape index (κ2) is 7.33. The number of benzene rings is 1. The molecule has 31 heavy (non-hydrogen) atoms. The van der Waals surface area contributed by atoms with Gasteiger partial charge in [0, 0.05) is 66.0 Å². The van der Waals surface area contributed by atoms with Crippen molar-refractivity contribution in [3.63, 3.8) is 0 Å². The summed E-state index contributed by atoms with van der Waals surface area (Å²) in [6.07, 6.45) is 2.96. The summed E-state index contributed by atoms with van der Waals surface area (Å²) >= 11 is 0. The van der Waals surface area contributed by atoms with Crippen molar-refractivity contribution in [1.29, 1.82) is 0 Å². The molecule has 1 unspecified atom stereocenters. The quantitative estimate of drug-likeness (QED) is 0.632. The summed E-state index contributed by atoms with van der Waals surface area (Å²) in [6, 6.07) is 11.4. The fourth-order valence-corrected chi connectivity index (χ4v) is 5.20. The van der Waals surface area contributed by atoms with Crippen molar-refractivity contribution >= 4 is 22.5 Å². The first-order valence-corrected chi connectivity index (χ1v) is 10.7. The molecule has 3 atom stereocenters. The smallest absolute Gasteiger partial charge is 0.315 e. The number of nitrogens with zero attached hydrogens (tertiary/aromatic N) is 3. The zero-order valence-electron chi connectivity index (χ0n) is 17.6. The van der Waals surface area contributed by atoms with E-state index < -0.39 is 10.8 Å². The van der Waals surface area contributed by atoms with Gasteiger partial charge in [0.05, 0.1) is 0 Å². The van der Waals surface area contributed by atoms with E-state index >= 15 is 0 Å². The van der Waals surface area contributed by atoms with Gasteiger partial charge in [-0.3, -0.25) is 9.59 Å². The first kappa shape index (κ1) is 20.0. The molecule has 8 nitrogen and oxygen atoms in total. The van der Waals surface area contributed by atoms with E-state index in [1.807, 2.05) is 29.2 Å². The molecule has 2 aliphatic rings. The molecule has 1 aromatic carbocycles. The largest absolute Gasteiger partial charge is 0.595 e. The molecular formula is C23H26N4O4. The summed E-state index contributed by atoms with van der Waals surface area (Å²) in [6.45, 7) is 5.82. The fraction of sp³-hybridized carbons (Fsp3) is 0.391. The number of nitrogens with one attached hydrogen (secondary N) is 1. The van der Waals surface area contributed by atoms with Gasteiger partial charge in [0.15, 0.2) is 0 Å². The zero-order chi connectivity index (χ0) is 21.9. The van der Waals surface area contributed by atoms with Crippen LogP contribution in [0.2, 0.25) is 0 Å². The van der Waals surface area contributed by atoms with E-state index in [1.54, 1.807) is 10.6 Å². The van der Waals surface area contributed by atoms with Crippen molar-refractivity contribution in [3.8, 4) is 0 Å². The Balaban J connectivity index is 1.43. The van der Waals surface area contributed by atoms with Crippen LogP contribution in [-0.4, -0.2) is 38.2 Å². The number of quaternary nitrogens is 1. The number of piperidine rings is 1. The highest BCUT2D eigenvalue weighted by molar-refractivity contribution is 5.98. The van der Waals surface area contributed by atoms with Crippen LogP contribution in [0.4, 0.5) is 5.69 Å². The van der Waals surface area contributed by atoms with Crippen molar-refractivity contribution in [2.45, 2.75) is 38.8 Å². The lowest BCUT2D eigenvalue weighted by atomic mass is 9.83. The highest BCUT2D eigenvalue weighted by Gasteiger charge is 2.37. The van der Waals surface area contributed by atoms with Crippen LogP contribution >= 0.6 is 0 Å². The van der Waals surface area contributed by atoms with E-state index in [9.17, 15) is 20.0 Å². The van der Waals surface area contributed by atoms with Crippen LogP contribution in [0.5, 0.6) is 0 Å². The number of rotatable bonds is 3. The van der Waals surface area contributed by atoms with E-state index in [1.165, 1.54) is 6.07 Å². The summed E-state index contributed by atoms with van der Waals surface area (Å²) in [5, 5.41) is 20.4. The maximum absolute atomic E-state index is 13.3.